The zero-order valence-electron chi connectivity index (χ0n) is 14.7. The predicted molar refractivity (Wildman–Crippen MR) is 104 cm³/mol. The lowest BCUT2D eigenvalue weighted by Crippen LogP contribution is -2.43. The van der Waals surface area contributed by atoms with Gasteiger partial charge in [0.15, 0.2) is 17.6 Å². The summed E-state index contributed by atoms with van der Waals surface area (Å²) in [5.74, 6) is 1.98. The van der Waals surface area contributed by atoms with Crippen molar-refractivity contribution in [3.05, 3.63) is 53.1 Å². The van der Waals surface area contributed by atoms with E-state index < -0.39 is 0 Å². The molecule has 0 aliphatic carbocycles. The second-order valence-corrected chi connectivity index (χ2v) is 6.16. The van der Waals surface area contributed by atoms with Crippen molar-refractivity contribution in [2.45, 2.75) is 12.2 Å². The number of rotatable bonds is 6. The summed E-state index contributed by atoms with van der Waals surface area (Å²) in [6, 6.07) is 13.1. The van der Waals surface area contributed by atoms with Crippen molar-refractivity contribution in [3.8, 4) is 17.2 Å². The van der Waals surface area contributed by atoms with Crippen molar-refractivity contribution in [2.24, 2.45) is 0 Å². The van der Waals surface area contributed by atoms with E-state index in [2.05, 4.69) is 5.32 Å². The molecule has 5 nitrogen and oxygen atoms in total. The lowest BCUT2D eigenvalue weighted by molar-refractivity contribution is -0.0438. The SMILES string of the molecule is COc1cccc([C@H](Oc2ccc(Cl)cc2OC)[C@@H]2CNCCO2)c1.Cl. The maximum atomic E-state index is 6.31. The molecule has 1 fully saturated rings. The molecular weight excluding hydrogens is 377 g/mol. The third-order valence-electron chi connectivity index (χ3n) is 4.10. The Hall–Kier alpha value is -1.66. The molecule has 1 saturated heterocycles. The highest BCUT2D eigenvalue weighted by molar-refractivity contribution is 6.30. The topological polar surface area (TPSA) is 49.0 Å². The van der Waals surface area contributed by atoms with E-state index in [1.54, 1.807) is 26.4 Å². The average Bonchev–Trinajstić information content (AvgIpc) is 2.67. The summed E-state index contributed by atoms with van der Waals surface area (Å²) in [4.78, 5) is 0. The Bertz CT molecular complexity index is 708. The van der Waals surface area contributed by atoms with Gasteiger partial charge < -0.3 is 24.3 Å². The third-order valence-corrected chi connectivity index (χ3v) is 4.33. The highest BCUT2D eigenvalue weighted by Gasteiger charge is 2.29. The Morgan fingerprint density at radius 1 is 1.12 bits per heavy atom. The normalized spacial score (nSPS) is 17.7. The maximum absolute atomic E-state index is 6.31. The number of hydrogen-bond acceptors (Lipinski definition) is 5. The molecule has 3 rings (SSSR count). The molecule has 2 aromatic rings. The van der Waals surface area contributed by atoms with E-state index >= 15 is 0 Å². The Kier molecular flexibility index (Phi) is 7.85. The largest absolute Gasteiger partial charge is 0.497 e. The molecule has 1 aliphatic heterocycles. The minimum Gasteiger partial charge on any atom is -0.497 e. The lowest BCUT2D eigenvalue weighted by Gasteiger charge is -2.32. The van der Waals surface area contributed by atoms with Crippen LogP contribution in [0.1, 0.15) is 11.7 Å². The molecule has 2 atom stereocenters. The summed E-state index contributed by atoms with van der Waals surface area (Å²) >= 11 is 6.05. The predicted octanol–water partition coefficient (Wildman–Crippen LogP) is 3.89. The fraction of sp³-hybridized carbons (Fsp3) is 0.368. The molecule has 26 heavy (non-hydrogen) atoms. The molecule has 1 N–H and O–H groups in total. The van der Waals surface area contributed by atoms with Gasteiger partial charge in [0, 0.05) is 24.2 Å². The van der Waals surface area contributed by atoms with Gasteiger partial charge in [-0.1, -0.05) is 23.7 Å². The van der Waals surface area contributed by atoms with Gasteiger partial charge in [-0.3, -0.25) is 0 Å². The van der Waals surface area contributed by atoms with E-state index in [1.165, 1.54) is 0 Å². The van der Waals surface area contributed by atoms with Crippen molar-refractivity contribution in [2.75, 3.05) is 33.9 Å². The zero-order chi connectivity index (χ0) is 17.6. The van der Waals surface area contributed by atoms with Crippen LogP contribution in [-0.4, -0.2) is 40.0 Å². The summed E-state index contributed by atoms with van der Waals surface area (Å²) < 4.78 is 23.0. The van der Waals surface area contributed by atoms with Crippen LogP contribution >= 0.6 is 24.0 Å². The van der Waals surface area contributed by atoms with Crippen LogP contribution in [0.15, 0.2) is 42.5 Å². The quantitative estimate of drug-likeness (QED) is 0.798. The van der Waals surface area contributed by atoms with Crippen LogP contribution in [0.2, 0.25) is 5.02 Å². The van der Waals surface area contributed by atoms with Crippen molar-refractivity contribution >= 4 is 24.0 Å². The summed E-state index contributed by atoms with van der Waals surface area (Å²) in [5.41, 5.74) is 0.977. The molecule has 0 amide bonds. The zero-order valence-corrected chi connectivity index (χ0v) is 16.3. The molecule has 142 valence electrons. The molecule has 0 radical (unpaired) electrons. The van der Waals surface area contributed by atoms with Gasteiger partial charge in [-0.2, -0.15) is 0 Å². The minimum atomic E-state index is -0.307. The van der Waals surface area contributed by atoms with Gasteiger partial charge in [0.1, 0.15) is 11.9 Å². The number of hydrogen-bond donors (Lipinski definition) is 1. The highest BCUT2D eigenvalue weighted by Crippen LogP contribution is 2.36. The number of methoxy groups -OCH3 is 2. The second-order valence-electron chi connectivity index (χ2n) is 5.72. The van der Waals surface area contributed by atoms with Gasteiger partial charge >= 0.3 is 0 Å². The van der Waals surface area contributed by atoms with E-state index in [1.807, 2.05) is 30.3 Å². The molecule has 0 bridgehead atoms. The molecular formula is C19H23Cl2NO4. The smallest absolute Gasteiger partial charge is 0.162 e. The summed E-state index contributed by atoms with van der Waals surface area (Å²) in [7, 11) is 3.24. The van der Waals surface area contributed by atoms with Crippen molar-refractivity contribution in [1.29, 1.82) is 0 Å². The summed E-state index contributed by atoms with van der Waals surface area (Å²) in [6.45, 7) is 2.19. The maximum Gasteiger partial charge on any atom is 0.162 e. The Labute approximate surface area is 164 Å². The monoisotopic (exact) mass is 399 g/mol. The standard InChI is InChI=1S/C19H22ClNO4.ClH/c1-22-15-5-3-4-13(10-15)19(18-12-21-8-9-24-18)25-16-7-6-14(20)11-17(16)23-2;/h3-7,10-11,18-19,21H,8-9,12H2,1-2H3;1H/t18-,19-;/m0./s1. The molecule has 1 heterocycles. The average molecular weight is 400 g/mol. The summed E-state index contributed by atoms with van der Waals surface area (Å²) in [5, 5.41) is 3.94. The van der Waals surface area contributed by atoms with Crippen LogP contribution in [-0.2, 0) is 4.74 Å². The second kappa shape index (κ2) is 9.88. The lowest BCUT2D eigenvalue weighted by atomic mass is 10.0. The Morgan fingerprint density at radius 2 is 1.96 bits per heavy atom. The first kappa shape index (κ1) is 20.6. The first-order chi connectivity index (χ1) is 12.2. The molecule has 0 unspecified atom stereocenters. The van der Waals surface area contributed by atoms with E-state index in [0.717, 1.165) is 17.9 Å². The number of halogens is 2. The number of nitrogens with one attached hydrogen (secondary N) is 1. The van der Waals surface area contributed by atoms with E-state index in [-0.39, 0.29) is 24.6 Å². The molecule has 0 saturated carbocycles. The van der Waals surface area contributed by atoms with Crippen molar-refractivity contribution in [3.63, 3.8) is 0 Å². The fourth-order valence-electron chi connectivity index (χ4n) is 2.83. The van der Waals surface area contributed by atoms with Crippen LogP contribution in [0.25, 0.3) is 0 Å². The van der Waals surface area contributed by atoms with Gasteiger partial charge in [-0.05, 0) is 29.8 Å². The number of morpholine rings is 1. The van der Waals surface area contributed by atoms with E-state index in [0.29, 0.717) is 29.7 Å². The fourth-order valence-corrected chi connectivity index (χ4v) is 2.99. The van der Waals surface area contributed by atoms with Crippen molar-refractivity contribution in [1.82, 2.24) is 5.32 Å². The van der Waals surface area contributed by atoms with Crippen LogP contribution in [0.3, 0.4) is 0 Å². The van der Waals surface area contributed by atoms with Crippen LogP contribution in [0.4, 0.5) is 0 Å². The summed E-state index contributed by atoms with van der Waals surface area (Å²) in [6.07, 6.45) is -0.431. The first-order valence-corrected chi connectivity index (χ1v) is 8.55. The van der Waals surface area contributed by atoms with Crippen LogP contribution < -0.4 is 19.5 Å². The van der Waals surface area contributed by atoms with E-state index in [4.69, 9.17) is 30.5 Å². The number of ether oxygens (including phenoxy) is 4. The molecule has 7 heteroatoms. The third kappa shape index (κ3) is 4.95. The Balaban J connectivity index is 0.00000243. The van der Waals surface area contributed by atoms with Gasteiger partial charge in [0.05, 0.1) is 20.8 Å². The Morgan fingerprint density at radius 3 is 2.65 bits per heavy atom. The number of benzene rings is 2. The van der Waals surface area contributed by atoms with Crippen LogP contribution in [0, 0.1) is 0 Å². The first-order valence-electron chi connectivity index (χ1n) is 8.17. The van der Waals surface area contributed by atoms with Gasteiger partial charge in [-0.15, -0.1) is 12.4 Å². The molecule has 0 spiro atoms. The molecule has 1 aliphatic rings. The molecule has 0 aromatic heterocycles. The highest BCUT2D eigenvalue weighted by atomic mass is 35.5. The van der Waals surface area contributed by atoms with Gasteiger partial charge in [0.25, 0.3) is 0 Å². The minimum absolute atomic E-state index is 0. The molecule has 2 aromatic carbocycles. The van der Waals surface area contributed by atoms with E-state index in [9.17, 15) is 0 Å². The van der Waals surface area contributed by atoms with Gasteiger partial charge in [0.2, 0.25) is 0 Å². The van der Waals surface area contributed by atoms with Crippen molar-refractivity contribution < 1.29 is 18.9 Å². The van der Waals surface area contributed by atoms with Gasteiger partial charge in [-0.25, -0.2) is 0 Å². The van der Waals surface area contributed by atoms with Crippen LogP contribution in [0.5, 0.6) is 17.2 Å².